The van der Waals surface area contributed by atoms with Crippen molar-refractivity contribution in [3.05, 3.63) is 0 Å². The molecule has 0 aromatic heterocycles. The lowest BCUT2D eigenvalue weighted by molar-refractivity contribution is -0.130. The molecule has 0 aromatic carbocycles. The average Bonchev–Trinajstić information content (AvgIpc) is 2.22. The van der Waals surface area contributed by atoms with Gasteiger partial charge in [-0.05, 0) is 32.7 Å². The molecular formula is C15H30N2O2S. The van der Waals surface area contributed by atoms with Gasteiger partial charge in [0.05, 0.1) is 12.1 Å². The SMILES string of the molecule is CC(C)C(C(=O)N[C@H](C=O)C(C)C)N(C)CC(C)(C)S. The summed E-state index contributed by atoms with van der Waals surface area (Å²) in [5.74, 6) is 0.164. The Morgan fingerprint density at radius 1 is 1.25 bits per heavy atom. The third-order valence-electron chi connectivity index (χ3n) is 3.19. The Labute approximate surface area is 129 Å². The Morgan fingerprint density at radius 3 is 2.05 bits per heavy atom. The van der Waals surface area contributed by atoms with Crippen molar-refractivity contribution in [1.29, 1.82) is 0 Å². The molecule has 20 heavy (non-hydrogen) atoms. The number of hydrogen-bond donors (Lipinski definition) is 2. The zero-order valence-corrected chi connectivity index (χ0v) is 14.7. The Balaban J connectivity index is 4.91. The smallest absolute Gasteiger partial charge is 0.238 e. The molecule has 0 aliphatic heterocycles. The molecule has 0 aliphatic carbocycles. The van der Waals surface area contributed by atoms with Crippen molar-refractivity contribution in [2.75, 3.05) is 13.6 Å². The second kappa shape index (κ2) is 8.03. The highest BCUT2D eigenvalue weighted by Gasteiger charge is 2.30. The van der Waals surface area contributed by atoms with Crippen molar-refractivity contribution in [3.63, 3.8) is 0 Å². The fourth-order valence-corrected chi connectivity index (χ4v) is 2.55. The number of hydrogen-bond acceptors (Lipinski definition) is 4. The summed E-state index contributed by atoms with van der Waals surface area (Å²) in [5, 5.41) is 2.84. The Hall–Kier alpha value is -0.550. The Bertz CT molecular complexity index is 324. The van der Waals surface area contributed by atoms with Crippen LogP contribution in [0.4, 0.5) is 0 Å². The van der Waals surface area contributed by atoms with E-state index in [0.29, 0.717) is 6.54 Å². The number of nitrogens with zero attached hydrogens (tertiary/aromatic N) is 1. The summed E-state index contributed by atoms with van der Waals surface area (Å²) in [5.41, 5.74) is 0. The summed E-state index contributed by atoms with van der Waals surface area (Å²) < 4.78 is -0.176. The number of amides is 1. The van der Waals surface area contributed by atoms with Gasteiger partial charge in [0.15, 0.2) is 0 Å². The van der Waals surface area contributed by atoms with E-state index in [-0.39, 0.29) is 28.5 Å². The first-order chi connectivity index (χ1) is 8.99. The molecule has 0 fully saturated rings. The van der Waals surface area contributed by atoms with Gasteiger partial charge in [0.25, 0.3) is 0 Å². The van der Waals surface area contributed by atoms with Crippen LogP contribution in [0, 0.1) is 11.8 Å². The molecule has 0 radical (unpaired) electrons. The summed E-state index contributed by atoms with van der Waals surface area (Å²) in [6.07, 6.45) is 0.808. The summed E-state index contributed by atoms with van der Waals surface area (Å²) in [6.45, 7) is 12.6. The van der Waals surface area contributed by atoms with E-state index in [9.17, 15) is 9.59 Å². The van der Waals surface area contributed by atoms with Gasteiger partial charge in [-0.15, -0.1) is 0 Å². The van der Waals surface area contributed by atoms with E-state index >= 15 is 0 Å². The minimum absolute atomic E-state index is 0.0918. The summed E-state index contributed by atoms with van der Waals surface area (Å²) >= 11 is 4.52. The first-order valence-corrected chi connectivity index (χ1v) is 7.62. The van der Waals surface area contributed by atoms with E-state index in [1.54, 1.807) is 0 Å². The highest BCUT2D eigenvalue weighted by atomic mass is 32.1. The topological polar surface area (TPSA) is 49.4 Å². The minimum Gasteiger partial charge on any atom is -0.345 e. The first-order valence-electron chi connectivity index (χ1n) is 7.18. The van der Waals surface area contributed by atoms with Crippen LogP contribution in [0.15, 0.2) is 0 Å². The average molecular weight is 302 g/mol. The molecule has 0 bridgehead atoms. The number of rotatable bonds is 8. The molecule has 118 valence electrons. The van der Waals surface area contributed by atoms with Gasteiger partial charge in [0, 0.05) is 11.3 Å². The lowest BCUT2D eigenvalue weighted by Crippen LogP contribution is -2.54. The van der Waals surface area contributed by atoms with E-state index < -0.39 is 6.04 Å². The highest BCUT2D eigenvalue weighted by molar-refractivity contribution is 7.81. The number of thiol groups is 1. The summed E-state index contributed by atoms with van der Waals surface area (Å²) in [7, 11) is 1.92. The van der Waals surface area contributed by atoms with Gasteiger partial charge in [-0.25, -0.2) is 0 Å². The van der Waals surface area contributed by atoms with E-state index in [4.69, 9.17) is 0 Å². The van der Waals surface area contributed by atoms with Gasteiger partial charge in [0.2, 0.25) is 5.91 Å². The van der Waals surface area contributed by atoms with Gasteiger partial charge in [0.1, 0.15) is 6.29 Å². The Morgan fingerprint density at radius 2 is 1.75 bits per heavy atom. The van der Waals surface area contributed by atoms with Crippen LogP contribution in [0.5, 0.6) is 0 Å². The van der Waals surface area contributed by atoms with Crippen molar-refractivity contribution in [2.24, 2.45) is 11.8 Å². The van der Waals surface area contributed by atoms with Crippen molar-refractivity contribution >= 4 is 24.8 Å². The normalized spacial score (nSPS) is 15.6. The van der Waals surface area contributed by atoms with Crippen molar-refractivity contribution < 1.29 is 9.59 Å². The molecule has 5 heteroatoms. The van der Waals surface area contributed by atoms with Crippen LogP contribution in [-0.4, -0.2) is 47.5 Å². The van der Waals surface area contributed by atoms with Crippen molar-refractivity contribution in [1.82, 2.24) is 10.2 Å². The molecule has 1 amide bonds. The van der Waals surface area contributed by atoms with Crippen LogP contribution >= 0.6 is 12.6 Å². The van der Waals surface area contributed by atoms with Gasteiger partial charge in [-0.3, -0.25) is 9.69 Å². The van der Waals surface area contributed by atoms with Gasteiger partial charge < -0.3 is 10.1 Å². The lowest BCUT2D eigenvalue weighted by Gasteiger charge is -2.35. The molecule has 2 atom stereocenters. The van der Waals surface area contributed by atoms with Crippen molar-refractivity contribution in [2.45, 2.75) is 58.4 Å². The molecule has 4 nitrogen and oxygen atoms in total. The number of likely N-dealkylation sites (N-methyl/N-ethyl adjacent to an activating group) is 1. The lowest BCUT2D eigenvalue weighted by atomic mass is 9.99. The van der Waals surface area contributed by atoms with Gasteiger partial charge in [-0.2, -0.15) is 12.6 Å². The zero-order valence-electron chi connectivity index (χ0n) is 13.8. The number of carbonyl (C=O) groups excluding carboxylic acids is 2. The second-order valence-electron chi connectivity index (χ2n) is 6.83. The van der Waals surface area contributed by atoms with Crippen LogP contribution < -0.4 is 5.32 Å². The molecule has 0 aliphatic rings. The first kappa shape index (κ1) is 19.4. The van der Waals surface area contributed by atoms with Crippen LogP contribution in [0.3, 0.4) is 0 Å². The Kier molecular flexibility index (Phi) is 7.81. The molecule has 0 heterocycles. The van der Waals surface area contributed by atoms with E-state index in [2.05, 4.69) is 17.9 Å². The quantitative estimate of drug-likeness (QED) is 0.532. The standard InChI is InChI=1S/C15H30N2O2S/c1-10(2)12(8-18)16-14(19)13(11(3)4)17(7)9-15(5,6)20/h8,10-13,20H,9H2,1-7H3,(H,16,19)/t12-,13?/m1/s1. The fraction of sp³-hybridized carbons (Fsp3) is 0.867. The van der Waals surface area contributed by atoms with E-state index in [0.717, 1.165) is 6.29 Å². The van der Waals surface area contributed by atoms with Crippen molar-refractivity contribution in [3.8, 4) is 0 Å². The molecule has 0 spiro atoms. The second-order valence-corrected chi connectivity index (χ2v) is 8.04. The zero-order chi connectivity index (χ0) is 16.1. The van der Waals surface area contributed by atoms with Crippen LogP contribution in [-0.2, 0) is 9.59 Å². The molecule has 0 rings (SSSR count). The predicted molar refractivity (Wildman–Crippen MR) is 87.2 cm³/mol. The van der Waals surface area contributed by atoms with E-state index in [1.807, 2.05) is 53.5 Å². The summed E-state index contributed by atoms with van der Waals surface area (Å²) in [4.78, 5) is 25.5. The number of aldehydes is 1. The summed E-state index contributed by atoms with van der Waals surface area (Å²) in [6, 6.07) is -0.691. The molecule has 1 N–H and O–H groups in total. The maximum atomic E-state index is 12.4. The van der Waals surface area contributed by atoms with Crippen LogP contribution in [0.25, 0.3) is 0 Å². The maximum Gasteiger partial charge on any atom is 0.238 e. The maximum absolute atomic E-state index is 12.4. The van der Waals surface area contributed by atoms with Gasteiger partial charge >= 0.3 is 0 Å². The largest absolute Gasteiger partial charge is 0.345 e. The van der Waals surface area contributed by atoms with Crippen LogP contribution in [0.2, 0.25) is 0 Å². The monoisotopic (exact) mass is 302 g/mol. The molecule has 0 aromatic rings. The van der Waals surface area contributed by atoms with E-state index in [1.165, 1.54) is 0 Å². The van der Waals surface area contributed by atoms with Gasteiger partial charge in [-0.1, -0.05) is 27.7 Å². The minimum atomic E-state index is -0.429. The third-order valence-corrected chi connectivity index (χ3v) is 3.33. The van der Waals surface area contributed by atoms with Crippen LogP contribution in [0.1, 0.15) is 41.5 Å². The molecule has 0 saturated heterocycles. The predicted octanol–water partition coefficient (Wildman–Crippen LogP) is 1.99. The highest BCUT2D eigenvalue weighted by Crippen LogP contribution is 2.18. The third kappa shape index (κ3) is 6.75. The molecular weight excluding hydrogens is 272 g/mol. The molecule has 1 unspecified atom stereocenters. The number of carbonyl (C=O) groups is 2. The fourth-order valence-electron chi connectivity index (χ4n) is 2.33. The number of nitrogens with one attached hydrogen (secondary N) is 1. The molecule has 0 saturated carbocycles.